The minimum Gasteiger partial charge on any atom is -0.315 e. The molecule has 1 aliphatic carbocycles. The van der Waals surface area contributed by atoms with E-state index >= 15 is 0 Å². The fourth-order valence-corrected chi connectivity index (χ4v) is 3.00. The molecule has 1 aliphatic heterocycles. The number of hydrogen-bond donors (Lipinski definition) is 1. The van der Waals surface area contributed by atoms with E-state index in [2.05, 4.69) is 40.6 Å². The highest BCUT2D eigenvalue weighted by Gasteiger charge is 2.30. The van der Waals surface area contributed by atoms with E-state index in [4.69, 9.17) is 0 Å². The first-order chi connectivity index (χ1) is 9.40. The standard InChI is InChI=1S/C16H21N3/c17-12-16(19-10-3-8-18-9-11-19)15-5-2-1-4-14(15)13-6-7-13/h1-2,4-5,13,16,18H,3,6-11H2. The second-order valence-corrected chi connectivity index (χ2v) is 5.57. The van der Waals surface area contributed by atoms with E-state index in [1.54, 1.807) is 0 Å². The summed E-state index contributed by atoms with van der Waals surface area (Å²) < 4.78 is 0. The van der Waals surface area contributed by atoms with Gasteiger partial charge < -0.3 is 5.32 Å². The van der Waals surface area contributed by atoms with Gasteiger partial charge in [0.15, 0.2) is 0 Å². The maximum absolute atomic E-state index is 9.64. The SMILES string of the molecule is N#CC(c1ccccc1C1CC1)N1CCCNCC1. The van der Waals surface area contributed by atoms with Gasteiger partial charge in [0, 0.05) is 19.6 Å². The number of hydrogen-bond acceptors (Lipinski definition) is 3. The molecule has 2 aliphatic rings. The average molecular weight is 255 g/mol. The van der Waals surface area contributed by atoms with Gasteiger partial charge in [0.25, 0.3) is 0 Å². The first-order valence-electron chi connectivity index (χ1n) is 7.33. The third-order valence-electron chi connectivity index (χ3n) is 4.17. The summed E-state index contributed by atoms with van der Waals surface area (Å²) in [6.07, 6.45) is 3.71. The van der Waals surface area contributed by atoms with Gasteiger partial charge in [-0.3, -0.25) is 4.90 Å². The summed E-state index contributed by atoms with van der Waals surface area (Å²) in [7, 11) is 0. The highest BCUT2D eigenvalue weighted by molar-refractivity contribution is 5.38. The monoisotopic (exact) mass is 255 g/mol. The van der Waals surface area contributed by atoms with Gasteiger partial charge in [-0.15, -0.1) is 0 Å². The fourth-order valence-electron chi connectivity index (χ4n) is 3.00. The zero-order valence-electron chi connectivity index (χ0n) is 11.3. The lowest BCUT2D eigenvalue weighted by atomic mass is 9.96. The zero-order valence-corrected chi connectivity index (χ0v) is 11.3. The molecule has 1 saturated heterocycles. The number of rotatable bonds is 3. The minimum absolute atomic E-state index is 0.0725. The molecular formula is C16H21N3. The molecule has 1 atom stereocenters. The topological polar surface area (TPSA) is 39.1 Å². The third kappa shape index (κ3) is 2.80. The van der Waals surface area contributed by atoms with Crippen molar-refractivity contribution in [3.05, 3.63) is 35.4 Å². The molecule has 0 amide bonds. The Bertz CT molecular complexity index is 465. The minimum atomic E-state index is -0.0725. The van der Waals surface area contributed by atoms with Gasteiger partial charge >= 0.3 is 0 Å². The molecule has 3 rings (SSSR count). The van der Waals surface area contributed by atoms with E-state index < -0.39 is 0 Å². The second kappa shape index (κ2) is 5.73. The Hall–Kier alpha value is -1.37. The van der Waals surface area contributed by atoms with Crippen LogP contribution >= 0.6 is 0 Å². The fraction of sp³-hybridized carbons (Fsp3) is 0.562. The quantitative estimate of drug-likeness (QED) is 0.901. The predicted molar refractivity (Wildman–Crippen MR) is 75.8 cm³/mol. The summed E-state index contributed by atoms with van der Waals surface area (Å²) in [6, 6.07) is 11.0. The van der Waals surface area contributed by atoms with Crippen molar-refractivity contribution in [1.29, 1.82) is 5.26 Å². The molecule has 0 bridgehead atoms. The number of nitriles is 1. The highest BCUT2D eigenvalue weighted by atomic mass is 15.2. The molecule has 3 heteroatoms. The smallest absolute Gasteiger partial charge is 0.124 e. The Morgan fingerprint density at radius 3 is 2.84 bits per heavy atom. The van der Waals surface area contributed by atoms with Gasteiger partial charge in [-0.2, -0.15) is 5.26 Å². The van der Waals surface area contributed by atoms with Gasteiger partial charge in [-0.25, -0.2) is 0 Å². The van der Waals surface area contributed by atoms with Crippen LogP contribution in [-0.2, 0) is 0 Å². The highest BCUT2D eigenvalue weighted by Crippen LogP contribution is 2.43. The van der Waals surface area contributed by atoms with Crippen molar-refractivity contribution in [2.24, 2.45) is 0 Å². The molecule has 1 heterocycles. The molecule has 1 unspecified atom stereocenters. The van der Waals surface area contributed by atoms with Crippen LogP contribution in [-0.4, -0.2) is 31.1 Å². The van der Waals surface area contributed by atoms with E-state index in [0.29, 0.717) is 5.92 Å². The molecule has 2 fully saturated rings. The van der Waals surface area contributed by atoms with Crippen molar-refractivity contribution in [2.75, 3.05) is 26.2 Å². The zero-order chi connectivity index (χ0) is 13.1. The van der Waals surface area contributed by atoms with Gasteiger partial charge in [0.1, 0.15) is 6.04 Å². The van der Waals surface area contributed by atoms with E-state index in [1.165, 1.54) is 24.0 Å². The first-order valence-corrected chi connectivity index (χ1v) is 7.33. The Labute approximate surface area is 115 Å². The van der Waals surface area contributed by atoms with E-state index in [1.807, 2.05) is 0 Å². The van der Waals surface area contributed by atoms with Crippen molar-refractivity contribution in [3.63, 3.8) is 0 Å². The molecule has 0 aromatic heterocycles. The molecule has 1 saturated carbocycles. The van der Waals surface area contributed by atoms with Gasteiger partial charge in [0.2, 0.25) is 0 Å². The van der Waals surface area contributed by atoms with Gasteiger partial charge in [-0.1, -0.05) is 24.3 Å². The summed E-state index contributed by atoms with van der Waals surface area (Å²) in [6.45, 7) is 4.05. The summed E-state index contributed by atoms with van der Waals surface area (Å²) in [5, 5.41) is 13.0. The van der Waals surface area contributed by atoms with Crippen LogP contribution in [0.2, 0.25) is 0 Å². The molecule has 100 valence electrons. The predicted octanol–water partition coefficient (Wildman–Crippen LogP) is 2.42. The molecule has 0 spiro atoms. The van der Waals surface area contributed by atoms with Crippen molar-refractivity contribution in [3.8, 4) is 6.07 Å². The lowest BCUT2D eigenvalue weighted by molar-refractivity contribution is 0.251. The summed E-state index contributed by atoms with van der Waals surface area (Å²) >= 11 is 0. The van der Waals surface area contributed by atoms with Crippen molar-refractivity contribution in [1.82, 2.24) is 10.2 Å². The second-order valence-electron chi connectivity index (χ2n) is 5.57. The van der Waals surface area contributed by atoms with Crippen LogP contribution in [0.5, 0.6) is 0 Å². The van der Waals surface area contributed by atoms with Crippen LogP contribution in [0.4, 0.5) is 0 Å². The molecule has 3 nitrogen and oxygen atoms in total. The molecular weight excluding hydrogens is 234 g/mol. The summed E-state index contributed by atoms with van der Waals surface area (Å²) in [5.41, 5.74) is 2.65. The third-order valence-corrected chi connectivity index (χ3v) is 4.17. The van der Waals surface area contributed by atoms with Crippen molar-refractivity contribution < 1.29 is 0 Å². The number of benzene rings is 1. The largest absolute Gasteiger partial charge is 0.315 e. The molecule has 0 radical (unpaired) electrons. The van der Waals surface area contributed by atoms with Crippen molar-refractivity contribution >= 4 is 0 Å². The van der Waals surface area contributed by atoms with Crippen LogP contribution in [0.15, 0.2) is 24.3 Å². The number of nitrogens with zero attached hydrogens (tertiary/aromatic N) is 2. The van der Waals surface area contributed by atoms with Crippen LogP contribution in [0, 0.1) is 11.3 Å². The Morgan fingerprint density at radius 1 is 1.21 bits per heavy atom. The number of nitrogens with one attached hydrogen (secondary N) is 1. The van der Waals surface area contributed by atoms with Crippen LogP contribution in [0.3, 0.4) is 0 Å². The van der Waals surface area contributed by atoms with Gasteiger partial charge in [-0.05, 0) is 42.9 Å². The Balaban J connectivity index is 1.87. The van der Waals surface area contributed by atoms with E-state index in [9.17, 15) is 5.26 Å². The summed E-state index contributed by atoms with van der Waals surface area (Å²) in [5.74, 6) is 0.706. The first kappa shape index (κ1) is 12.7. The van der Waals surface area contributed by atoms with E-state index in [-0.39, 0.29) is 6.04 Å². The molecule has 1 N–H and O–H groups in total. The molecule has 1 aromatic rings. The van der Waals surface area contributed by atoms with Crippen LogP contribution in [0.1, 0.15) is 42.3 Å². The molecule has 1 aromatic carbocycles. The lowest BCUT2D eigenvalue weighted by Crippen LogP contribution is -2.32. The maximum atomic E-state index is 9.64. The lowest BCUT2D eigenvalue weighted by Gasteiger charge is -2.27. The Kier molecular flexibility index (Phi) is 3.82. The van der Waals surface area contributed by atoms with E-state index in [0.717, 1.165) is 32.6 Å². The van der Waals surface area contributed by atoms with Crippen LogP contribution in [0.25, 0.3) is 0 Å². The normalized spacial score (nSPS) is 22.5. The average Bonchev–Trinajstić information content (AvgIpc) is 3.28. The van der Waals surface area contributed by atoms with Crippen molar-refractivity contribution in [2.45, 2.75) is 31.2 Å². The molecule has 19 heavy (non-hydrogen) atoms. The Morgan fingerprint density at radius 2 is 2.05 bits per heavy atom. The van der Waals surface area contributed by atoms with Crippen LogP contribution < -0.4 is 5.32 Å². The maximum Gasteiger partial charge on any atom is 0.124 e. The van der Waals surface area contributed by atoms with Gasteiger partial charge in [0.05, 0.1) is 6.07 Å². The summed E-state index contributed by atoms with van der Waals surface area (Å²) in [4.78, 5) is 2.33.